The largest absolute Gasteiger partial charge is 0.412 e. The second-order valence-electron chi connectivity index (χ2n) is 2.23. The van der Waals surface area contributed by atoms with Gasteiger partial charge in [-0.2, -0.15) is 0 Å². The van der Waals surface area contributed by atoms with E-state index in [9.17, 15) is 0 Å². The van der Waals surface area contributed by atoms with Crippen molar-refractivity contribution in [1.82, 2.24) is 9.80 Å². The molecular weight excluding hydrogens is 132 g/mol. The Morgan fingerprint density at radius 3 is 2.60 bits per heavy atom. The fourth-order valence-corrected chi connectivity index (χ4v) is 0.863. The second kappa shape index (κ2) is 4.14. The maximum Gasteiger partial charge on any atom is 0.0891 e. The van der Waals surface area contributed by atoms with E-state index in [0.29, 0.717) is 0 Å². The summed E-state index contributed by atoms with van der Waals surface area (Å²) >= 11 is 0. The van der Waals surface area contributed by atoms with E-state index in [4.69, 9.17) is 5.11 Å². The molecule has 0 aromatic rings. The highest BCUT2D eigenvalue weighted by Gasteiger charge is 2.05. The number of aliphatic hydroxyl groups excluding tert-OH is 1. The first-order chi connectivity index (χ1) is 4.33. The van der Waals surface area contributed by atoms with Crippen molar-refractivity contribution < 1.29 is 10.6 Å². The van der Waals surface area contributed by atoms with E-state index < -0.39 is 0 Å². The van der Waals surface area contributed by atoms with Crippen LogP contribution in [0.5, 0.6) is 0 Å². The minimum Gasteiger partial charge on any atom is -0.412 e. The van der Waals surface area contributed by atoms with Gasteiger partial charge in [0.15, 0.2) is 0 Å². The number of hydrogen-bond acceptors (Lipinski definition) is 3. The van der Waals surface area contributed by atoms with E-state index in [1.54, 1.807) is 0 Å². The second-order valence-corrected chi connectivity index (χ2v) is 2.23. The first-order valence-corrected chi connectivity index (χ1v) is 3.06. The Kier molecular flexibility index (Phi) is 3.83. The summed E-state index contributed by atoms with van der Waals surface area (Å²) in [6.45, 7) is 1.87. The summed E-state index contributed by atoms with van der Waals surface area (Å²) < 4.78 is 0. The molecule has 0 saturated heterocycles. The van der Waals surface area contributed by atoms with Crippen molar-refractivity contribution in [3.8, 4) is 0 Å². The zero-order valence-electron chi connectivity index (χ0n) is 6.12. The summed E-state index contributed by atoms with van der Waals surface area (Å²) in [6, 6.07) is 0. The van der Waals surface area contributed by atoms with Crippen molar-refractivity contribution in [2.24, 2.45) is 0 Å². The van der Waals surface area contributed by atoms with E-state index >= 15 is 0 Å². The number of rotatable bonds is 2. The van der Waals surface area contributed by atoms with Gasteiger partial charge in [-0.3, -0.25) is 0 Å². The van der Waals surface area contributed by atoms with E-state index in [1.807, 2.05) is 19.4 Å². The quantitative estimate of drug-likeness (QED) is 0.534. The maximum absolute atomic E-state index is 8.52. The molecule has 0 fully saturated rings. The molecule has 0 unspecified atom stereocenters. The van der Waals surface area contributed by atoms with E-state index in [-0.39, 0.29) is 12.1 Å². The van der Waals surface area contributed by atoms with Crippen LogP contribution in [-0.4, -0.2) is 47.3 Å². The molecule has 0 aromatic heterocycles. The normalized spacial score (nSPS) is 15.8. The highest BCUT2D eigenvalue weighted by molar-refractivity contribution is 4.88. The van der Waals surface area contributed by atoms with E-state index in [0.717, 1.165) is 13.2 Å². The molecule has 60 valence electrons. The third kappa shape index (κ3) is 2.24. The molecule has 0 bridgehead atoms. The van der Waals surface area contributed by atoms with Gasteiger partial charge in [0.05, 0.1) is 13.3 Å². The van der Waals surface area contributed by atoms with Crippen LogP contribution in [0, 0.1) is 0 Å². The Bertz CT molecular complexity index is 116. The fourth-order valence-electron chi connectivity index (χ4n) is 0.863. The fraction of sp³-hybridized carbons (Fsp3) is 0.667. The third-order valence-electron chi connectivity index (χ3n) is 1.32. The zero-order valence-corrected chi connectivity index (χ0v) is 6.12. The van der Waals surface area contributed by atoms with Gasteiger partial charge in [-0.25, -0.2) is 0 Å². The van der Waals surface area contributed by atoms with Crippen molar-refractivity contribution in [3.05, 3.63) is 12.4 Å². The lowest BCUT2D eigenvalue weighted by Crippen LogP contribution is -2.24. The highest BCUT2D eigenvalue weighted by Crippen LogP contribution is 2.01. The van der Waals surface area contributed by atoms with Crippen LogP contribution in [0.25, 0.3) is 0 Å². The molecule has 0 aliphatic carbocycles. The van der Waals surface area contributed by atoms with E-state index in [1.165, 1.54) is 0 Å². The van der Waals surface area contributed by atoms with Gasteiger partial charge in [-0.15, -0.1) is 0 Å². The third-order valence-corrected chi connectivity index (χ3v) is 1.32. The summed E-state index contributed by atoms with van der Waals surface area (Å²) in [4.78, 5) is 4.12. The SMILES string of the molecule is CN1C=CN(CCO)C1.O. The topological polar surface area (TPSA) is 58.2 Å². The molecule has 1 heterocycles. The molecule has 1 aliphatic rings. The van der Waals surface area contributed by atoms with Crippen LogP contribution < -0.4 is 0 Å². The van der Waals surface area contributed by atoms with Crippen LogP contribution in [0.15, 0.2) is 12.4 Å². The van der Waals surface area contributed by atoms with Gasteiger partial charge >= 0.3 is 0 Å². The summed E-state index contributed by atoms with van der Waals surface area (Å²) in [7, 11) is 2.01. The Hall–Kier alpha value is -0.740. The van der Waals surface area contributed by atoms with Gasteiger partial charge in [0.25, 0.3) is 0 Å². The molecule has 0 spiro atoms. The molecule has 0 radical (unpaired) electrons. The van der Waals surface area contributed by atoms with Gasteiger partial charge in [-0.1, -0.05) is 0 Å². The summed E-state index contributed by atoms with van der Waals surface area (Å²) in [5.74, 6) is 0. The molecule has 4 nitrogen and oxygen atoms in total. The van der Waals surface area contributed by atoms with Crippen molar-refractivity contribution in [1.29, 1.82) is 0 Å². The molecule has 10 heavy (non-hydrogen) atoms. The molecule has 3 N–H and O–H groups in total. The Morgan fingerprint density at radius 1 is 1.50 bits per heavy atom. The first kappa shape index (κ1) is 9.26. The van der Waals surface area contributed by atoms with Crippen molar-refractivity contribution >= 4 is 0 Å². The highest BCUT2D eigenvalue weighted by atomic mass is 16.3. The molecule has 0 atom stereocenters. The smallest absolute Gasteiger partial charge is 0.0891 e. The van der Waals surface area contributed by atoms with Gasteiger partial charge in [0, 0.05) is 26.0 Å². The minimum atomic E-state index is 0. The van der Waals surface area contributed by atoms with Gasteiger partial charge in [0.1, 0.15) is 0 Å². The van der Waals surface area contributed by atoms with Crippen LogP contribution >= 0.6 is 0 Å². The van der Waals surface area contributed by atoms with Crippen LogP contribution in [0.3, 0.4) is 0 Å². The number of hydrogen-bond donors (Lipinski definition) is 1. The van der Waals surface area contributed by atoms with Gasteiger partial charge < -0.3 is 20.4 Å². The molecular formula is C6H14N2O2. The predicted octanol–water partition coefficient (Wildman–Crippen LogP) is -1.17. The molecule has 0 amide bonds. The summed E-state index contributed by atoms with van der Waals surface area (Å²) in [5.41, 5.74) is 0. The number of nitrogens with zero attached hydrogens (tertiary/aromatic N) is 2. The minimum absolute atomic E-state index is 0. The monoisotopic (exact) mass is 146 g/mol. The average molecular weight is 146 g/mol. The number of β-amino-alcohol motifs (C(OH)–C–C–N with tert-alkyl or cyclic N) is 1. The summed E-state index contributed by atoms with van der Waals surface area (Å²) in [6.07, 6.45) is 3.98. The molecule has 0 saturated carbocycles. The number of aliphatic hydroxyl groups is 1. The molecule has 1 rings (SSSR count). The zero-order chi connectivity index (χ0) is 6.69. The van der Waals surface area contributed by atoms with E-state index in [2.05, 4.69) is 9.80 Å². The lowest BCUT2D eigenvalue weighted by atomic mass is 10.6. The van der Waals surface area contributed by atoms with Gasteiger partial charge in [-0.05, 0) is 0 Å². The molecule has 4 heteroatoms. The van der Waals surface area contributed by atoms with Crippen molar-refractivity contribution in [2.75, 3.05) is 26.9 Å². The lowest BCUT2D eigenvalue weighted by Gasteiger charge is -2.15. The Labute approximate surface area is 60.7 Å². The van der Waals surface area contributed by atoms with Crippen LogP contribution in [-0.2, 0) is 0 Å². The standard InChI is InChI=1S/C6H12N2O.H2O/c1-7-2-3-8(6-7)4-5-9;/h2-3,9H,4-6H2,1H3;1H2. The average Bonchev–Trinajstić information content (AvgIpc) is 2.17. The Balaban J connectivity index is 0.000000810. The molecule has 0 aromatic carbocycles. The van der Waals surface area contributed by atoms with Gasteiger partial charge in [0.2, 0.25) is 0 Å². The molecule has 1 aliphatic heterocycles. The van der Waals surface area contributed by atoms with Crippen LogP contribution in [0.2, 0.25) is 0 Å². The van der Waals surface area contributed by atoms with Crippen LogP contribution in [0.1, 0.15) is 0 Å². The maximum atomic E-state index is 8.52. The lowest BCUT2D eigenvalue weighted by molar-refractivity contribution is 0.217. The van der Waals surface area contributed by atoms with Crippen LogP contribution in [0.4, 0.5) is 0 Å². The first-order valence-electron chi connectivity index (χ1n) is 3.06. The Morgan fingerprint density at radius 2 is 2.20 bits per heavy atom. The summed E-state index contributed by atoms with van der Waals surface area (Å²) in [5, 5.41) is 8.52. The van der Waals surface area contributed by atoms with Crippen molar-refractivity contribution in [2.45, 2.75) is 0 Å². The predicted molar refractivity (Wildman–Crippen MR) is 39.2 cm³/mol. The van der Waals surface area contributed by atoms with Crippen molar-refractivity contribution in [3.63, 3.8) is 0 Å².